The van der Waals surface area contributed by atoms with E-state index in [2.05, 4.69) is 15.3 Å². The van der Waals surface area contributed by atoms with E-state index >= 15 is 0 Å². The Balaban J connectivity index is 2.67. The van der Waals surface area contributed by atoms with E-state index < -0.39 is 5.91 Å². The predicted octanol–water partition coefficient (Wildman–Crippen LogP) is -1.69. The Hall–Kier alpha value is -2.22. The summed E-state index contributed by atoms with van der Waals surface area (Å²) in [6.45, 7) is 0. The SMILES string of the molecule is NNC(=O)c1nnc2ccnn2c1N. The first-order chi connectivity index (χ1) is 6.74. The summed E-state index contributed by atoms with van der Waals surface area (Å²) >= 11 is 0. The van der Waals surface area contributed by atoms with E-state index in [1.807, 2.05) is 5.43 Å². The summed E-state index contributed by atoms with van der Waals surface area (Å²) in [5, 5.41) is 11.2. The minimum absolute atomic E-state index is 0.0521. The normalized spacial score (nSPS) is 10.4. The summed E-state index contributed by atoms with van der Waals surface area (Å²) in [5.74, 6) is 4.44. The molecule has 0 saturated heterocycles. The minimum atomic E-state index is -0.604. The molecule has 14 heavy (non-hydrogen) atoms. The lowest BCUT2D eigenvalue weighted by molar-refractivity contribution is 0.0948. The zero-order valence-electron chi connectivity index (χ0n) is 7.01. The molecule has 0 radical (unpaired) electrons. The van der Waals surface area contributed by atoms with Crippen LogP contribution in [0.1, 0.15) is 10.5 Å². The highest BCUT2D eigenvalue weighted by Gasteiger charge is 2.14. The third kappa shape index (κ3) is 1.05. The Morgan fingerprint density at radius 3 is 3.00 bits per heavy atom. The molecule has 2 heterocycles. The number of fused-ring (bicyclic) bond motifs is 1. The van der Waals surface area contributed by atoms with Gasteiger partial charge in [0.1, 0.15) is 0 Å². The van der Waals surface area contributed by atoms with E-state index in [-0.39, 0.29) is 11.5 Å². The van der Waals surface area contributed by atoms with Crippen LogP contribution in [0.2, 0.25) is 0 Å². The minimum Gasteiger partial charge on any atom is -0.382 e. The summed E-state index contributed by atoms with van der Waals surface area (Å²) in [7, 11) is 0. The molecule has 2 rings (SSSR count). The van der Waals surface area contributed by atoms with Gasteiger partial charge in [-0.05, 0) is 0 Å². The number of nitrogens with two attached hydrogens (primary N) is 2. The van der Waals surface area contributed by atoms with Crippen LogP contribution >= 0.6 is 0 Å². The van der Waals surface area contributed by atoms with E-state index in [4.69, 9.17) is 11.6 Å². The number of aromatic nitrogens is 4. The van der Waals surface area contributed by atoms with Crippen molar-refractivity contribution in [1.82, 2.24) is 25.2 Å². The number of anilines is 1. The maximum atomic E-state index is 11.1. The maximum absolute atomic E-state index is 11.1. The molecule has 0 spiro atoms. The molecule has 0 unspecified atom stereocenters. The molecule has 8 heteroatoms. The third-order valence-corrected chi connectivity index (χ3v) is 1.69. The Morgan fingerprint density at radius 1 is 1.50 bits per heavy atom. The summed E-state index contributed by atoms with van der Waals surface area (Å²) in [6, 6.07) is 1.62. The first kappa shape index (κ1) is 8.38. The highest BCUT2D eigenvalue weighted by molar-refractivity contribution is 5.95. The molecule has 1 amide bonds. The van der Waals surface area contributed by atoms with Gasteiger partial charge in [-0.2, -0.15) is 9.61 Å². The van der Waals surface area contributed by atoms with Crippen molar-refractivity contribution >= 4 is 17.4 Å². The van der Waals surface area contributed by atoms with Crippen molar-refractivity contribution < 1.29 is 4.79 Å². The van der Waals surface area contributed by atoms with Gasteiger partial charge in [0.05, 0.1) is 6.20 Å². The van der Waals surface area contributed by atoms with Gasteiger partial charge in [-0.15, -0.1) is 10.2 Å². The molecule has 0 saturated carbocycles. The van der Waals surface area contributed by atoms with Crippen LogP contribution in [0.25, 0.3) is 5.65 Å². The molecule has 0 fully saturated rings. The van der Waals surface area contributed by atoms with E-state index in [0.29, 0.717) is 5.65 Å². The molecule has 0 atom stereocenters. The Kier molecular flexibility index (Phi) is 1.75. The lowest BCUT2D eigenvalue weighted by atomic mass is 10.4. The first-order valence-corrected chi connectivity index (χ1v) is 3.71. The van der Waals surface area contributed by atoms with Crippen molar-refractivity contribution in [2.24, 2.45) is 5.84 Å². The second kappa shape index (κ2) is 2.92. The fourth-order valence-electron chi connectivity index (χ4n) is 1.04. The van der Waals surface area contributed by atoms with Crippen LogP contribution in [0.4, 0.5) is 5.82 Å². The summed E-state index contributed by atoms with van der Waals surface area (Å²) < 4.78 is 1.30. The second-order valence-corrected chi connectivity index (χ2v) is 2.51. The summed E-state index contributed by atoms with van der Waals surface area (Å²) in [4.78, 5) is 11.1. The molecule has 2 aromatic rings. The Bertz CT molecular complexity index is 490. The largest absolute Gasteiger partial charge is 0.382 e. The van der Waals surface area contributed by atoms with Crippen LogP contribution in [-0.2, 0) is 0 Å². The average Bonchev–Trinajstić information content (AvgIpc) is 2.66. The second-order valence-electron chi connectivity index (χ2n) is 2.51. The highest BCUT2D eigenvalue weighted by Crippen LogP contribution is 2.08. The quantitative estimate of drug-likeness (QED) is 0.282. The molecule has 72 valence electrons. The Labute approximate surface area is 77.9 Å². The fourth-order valence-corrected chi connectivity index (χ4v) is 1.04. The summed E-state index contributed by atoms with van der Waals surface area (Å²) in [6.07, 6.45) is 1.50. The molecule has 5 N–H and O–H groups in total. The van der Waals surface area contributed by atoms with Crippen molar-refractivity contribution in [2.45, 2.75) is 0 Å². The molecule has 8 nitrogen and oxygen atoms in total. The number of nitrogens with one attached hydrogen (secondary N) is 1. The Morgan fingerprint density at radius 2 is 2.29 bits per heavy atom. The van der Waals surface area contributed by atoms with Crippen molar-refractivity contribution in [3.05, 3.63) is 18.0 Å². The molecular formula is C6H7N7O. The van der Waals surface area contributed by atoms with Crippen LogP contribution in [0, 0.1) is 0 Å². The maximum Gasteiger partial charge on any atom is 0.289 e. The van der Waals surface area contributed by atoms with Crippen molar-refractivity contribution in [2.75, 3.05) is 5.73 Å². The molecule has 0 aliphatic carbocycles. The van der Waals surface area contributed by atoms with Gasteiger partial charge in [0.25, 0.3) is 5.91 Å². The number of hydrogen-bond donors (Lipinski definition) is 3. The molecule has 0 aromatic carbocycles. The number of hydrogen-bond acceptors (Lipinski definition) is 6. The van der Waals surface area contributed by atoms with Gasteiger partial charge in [0, 0.05) is 6.07 Å². The van der Waals surface area contributed by atoms with Crippen LogP contribution in [-0.4, -0.2) is 25.7 Å². The number of nitrogens with zero attached hydrogens (tertiary/aromatic N) is 4. The molecule has 0 bridgehead atoms. The van der Waals surface area contributed by atoms with Gasteiger partial charge in [0.15, 0.2) is 17.2 Å². The number of amides is 1. The van der Waals surface area contributed by atoms with Crippen molar-refractivity contribution in [3.63, 3.8) is 0 Å². The van der Waals surface area contributed by atoms with Gasteiger partial charge in [-0.1, -0.05) is 0 Å². The molecule has 0 aliphatic rings. The van der Waals surface area contributed by atoms with Crippen LogP contribution in [0.15, 0.2) is 12.3 Å². The van der Waals surface area contributed by atoms with Gasteiger partial charge in [-0.25, -0.2) is 5.84 Å². The lowest BCUT2D eigenvalue weighted by Gasteiger charge is -2.02. The van der Waals surface area contributed by atoms with E-state index in [0.717, 1.165) is 0 Å². The molecular weight excluding hydrogens is 186 g/mol. The van der Waals surface area contributed by atoms with Gasteiger partial charge in [-0.3, -0.25) is 10.2 Å². The zero-order valence-corrected chi connectivity index (χ0v) is 7.01. The summed E-state index contributed by atoms with van der Waals surface area (Å²) in [5.41, 5.74) is 7.95. The van der Waals surface area contributed by atoms with E-state index in [1.54, 1.807) is 6.07 Å². The number of nitrogen functional groups attached to an aromatic ring is 2. The smallest absolute Gasteiger partial charge is 0.289 e. The van der Waals surface area contributed by atoms with Gasteiger partial charge >= 0.3 is 0 Å². The number of rotatable bonds is 1. The topological polar surface area (TPSA) is 124 Å². The molecule has 2 aromatic heterocycles. The number of carbonyl (C=O) groups excluding carboxylic acids is 1. The zero-order chi connectivity index (χ0) is 10.1. The van der Waals surface area contributed by atoms with Crippen LogP contribution in [0.3, 0.4) is 0 Å². The van der Waals surface area contributed by atoms with Crippen LogP contribution in [0.5, 0.6) is 0 Å². The highest BCUT2D eigenvalue weighted by atomic mass is 16.2. The number of hydrazine groups is 1. The monoisotopic (exact) mass is 193 g/mol. The van der Waals surface area contributed by atoms with Crippen molar-refractivity contribution in [1.29, 1.82) is 0 Å². The van der Waals surface area contributed by atoms with Gasteiger partial charge in [0.2, 0.25) is 0 Å². The van der Waals surface area contributed by atoms with Gasteiger partial charge < -0.3 is 5.73 Å². The van der Waals surface area contributed by atoms with E-state index in [9.17, 15) is 4.79 Å². The average molecular weight is 193 g/mol. The lowest BCUT2D eigenvalue weighted by Crippen LogP contribution is -2.32. The van der Waals surface area contributed by atoms with Crippen LogP contribution < -0.4 is 17.0 Å². The molecule has 0 aliphatic heterocycles. The van der Waals surface area contributed by atoms with Crippen molar-refractivity contribution in [3.8, 4) is 0 Å². The number of carbonyl (C=O) groups is 1. The predicted molar refractivity (Wildman–Crippen MR) is 46.8 cm³/mol. The first-order valence-electron chi connectivity index (χ1n) is 3.71. The standard InChI is InChI=1S/C6H7N7O/c7-5-4(6(14)10-8)12-11-3-1-2-9-13(3)5/h1-2H,7-8H2,(H,10,14). The fraction of sp³-hybridized carbons (Fsp3) is 0. The van der Waals surface area contributed by atoms with E-state index in [1.165, 1.54) is 10.7 Å². The third-order valence-electron chi connectivity index (χ3n) is 1.69.